The first-order valence-electron chi connectivity index (χ1n) is 9.38. The highest BCUT2D eigenvalue weighted by Gasteiger charge is 2.31. The molecule has 3 aromatic rings. The van der Waals surface area contributed by atoms with Crippen LogP contribution in [0.25, 0.3) is 5.69 Å². The molecular weight excluding hydrogens is 426 g/mol. The van der Waals surface area contributed by atoms with Crippen LogP contribution in [-0.2, 0) is 9.84 Å². The Bertz CT molecular complexity index is 1200. The van der Waals surface area contributed by atoms with Crippen LogP contribution in [0, 0.1) is 13.8 Å². The number of carbonyl (C=O) groups excluding carboxylic acids is 1. The van der Waals surface area contributed by atoms with E-state index in [1.165, 1.54) is 28.6 Å². The van der Waals surface area contributed by atoms with Gasteiger partial charge in [-0.05, 0) is 61.0 Å². The summed E-state index contributed by atoms with van der Waals surface area (Å²) in [5.41, 5.74) is 2.94. The molecule has 1 N–H and O–H groups in total. The van der Waals surface area contributed by atoms with E-state index in [-0.39, 0.29) is 34.8 Å². The third-order valence-electron chi connectivity index (χ3n) is 5.23. The molecule has 2 aromatic heterocycles. The molecule has 0 radical (unpaired) electrons. The quantitative estimate of drug-likeness (QED) is 0.451. The van der Waals surface area contributed by atoms with Gasteiger partial charge in [0.2, 0.25) is 5.16 Å². The fourth-order valence-corrected chi connectivity index (χ4v) is 6.31. The molecule has 1 aromatic carbocycles. The van der Waals surface area contributed by atoms with Crippen molar-refractivity contribution in [1.29, 1.82) is 0 Å². The van der Waals surface area contributed by atoms with Crippen molar-refractivity contribution in [2.75, 3.05) is 17.3 Å². The van der Waals surface area contributed by atoms with Gasteiger partial charge in [0.1, 0.15) is 5.75 Å². The second kappa shape index (κ2) is 7.88. The van der Waals surface area contributed by atoms with Crippen LogP contribution in [0.1, 0.15) is 34.2 Å². The third kappa shape index (κ3) is 3.99. The monoisotopic (exact) mass is 447 g/mol. The van der Waals surface area contributed by atoms with Crippen LogP contribution in [-0.4, -0.2) is 61.3 Å². The van der Waals surface area contributed by atoms with E-state index in [2.05, 4.69) is 15.5 Å². The van der Waals surface area contributed by atoms with Crippen molar-refractivity contribution in [2.24, 2.45) is 0 Å². The summed E-state index contributed by atoms with van der Waals surface area (Å²) >= 11 is 1.22. The largest absolute Gasteiger partial charge is 0.508 e. The van der Waals surface area contributed by atoms with Gasteiger partial charge >= 0.3 is 0 Å². The normalized spacial score (nSPS) is 18.0. The van der Waals surface area contributed by atoms with Crippen molar-refractivity contribution < 1.29 is 18.3 Å². The lowest BCUT2D eigenvalue weighted by Gasteiger charge is -2.16. The molecule has 11 heteroatoms. The number of thioether (sulfide) groups is 1. The van der Waals surface area contributed by atoms with Crippen LogP contribution in [0.4, 0.5) is 0 Å². The number of aromatic hydroxyl groups is 1. The summed E-state index contributed by atoms with van der Waals surface area (Å²) in [5, 5.41) is 21.5. The maximum absolute atomic E-state index is 12.9. The molecule has 1 aliphatic rings. The molecule has 0 aliphatic carbocycles. The fourth-order valence-electron chi connectivity index (χ4n) is 3.83. The van der Waals surface area contributed by atoms with Crippen molar-refractivity contribution in [2.45, 2.75) is 31.5 Å². The highest BCUT2D eigenvalue weighted by atomic mass is 32.2. The molecule has 0 amide bonds. The van der Waals surface area contributed by atoms with Crippen LogP contribution in [0.3, 0.4) is 0 Å². The Morgan fingerprint density at radius 1 is 1.27 bits per heavy atom. The van der Waals surface area contributed by atoms with Crippen LogP contribution in [0.5, 0.6) is 5.75 Å². The highest BCUT2D eigenvalue weighted by Crippen LogP contribution is 2.30. The topological polar surface area (TPSA) is 120 Å². The molecule has 30 heavy (non-hydrogen) atoms. The Kier molecular flexibility index (Phi) is 5.41. The average Bonchev–Trinajstić information content (AvgIpc) is 3.38. The summed E-state index contributed by atoms with van der Waals surface area (Å²) < 4.78 is 27.2. The van der Waals surface area contributed by atoms with E-state index in [0.717, 1.165) is 11.4 Å². The highest BCUT2D eigenvalue weighted by molar-refractivity contribution is 7.99. The van der Waals surface area contributed by atoms with Crippen LogP contribution < -0.4 is 0 Å². The number of carbonyl (C=O) groups is 1. The summed E-state index contributed by atoms with van der Waals surface area (Å²) in [5.74, 6) is 0.522. The summed E-state index contributed by atoms with van der Waals surface area (Å²) in [7, 11) is -3.01. The first-order chi connectivity index (χ1) is 14.2. The average molecular weight is 448 g/mol. The van der Waals surface area contributed by atoms with Crippen LogP contribution >= 0.6 is 11.8 Å². The molecule has 0 bridgehead atoms. The second-order valence-electron chi connectivity index (χ2n) is 7.31. The first-order valence-corrected chi connectivity index (χ1v) is 12.2. The van der Waals surface area contributed by atoms with Gasteiger partial charge in [0, 0.05) is 23.0 Å². The minimum absolute atomic E-state index is 0.0690. The number of benzene rings is 1. The van der Waals surface area contributed by atoms with Gasteiger partial charge in [0.25, 0.3) is 0 Å². The number of aryl methyl sites for hydroxylation is 1. The number of hydrogen-bond acceptors (Lipinski definition) is 8. The molecule has 9 nitrogen and oxygen atoms in total. The SMILES string of the molecule is Cc1cc(C(=O)CSc2nnnn2-c2ccc(O)cc2)c(C)n1[C@@H]1CCS(=O)(=O)C1. The van der Waals surface area contributed by atoms with Gasteiger partial charge in [-0.15, -0.1) is 5.10 Å². The number of phenolic OH excluding ortho intramolecular Hbond substituents is 1. The molecule has 1 aliphatic heterocycles. The zero-order valence-corrected chi connectivity index (χ0v) is 18.2. The summed E-state index contributed by atoms with van der Waals surface area (Å²) in [6.07, 6.45) is 0.572. The van der Waals surface area contributed by atoms with Crippen molar-refractivity contribution >= 4 is 27.4 Å². The van der Waals surface area contributed by atoms with Gasteiger partial charge in [-0.2, -0.15) is 4.68 Å². The van der Waals surface area contributed by atoms with Crippen molar-refractivity contribution in [3.05, 3.63) is 47.3 Å². The zero-order chi connectivity index (χ0) is 21.5. The van der Waals surface area contributed by atoms with Crippen LogP contribution in [0.2, 0.25) is 0 Å². The van der Waals surface area contributed by atoms with Gasteiger partial charge < -0.3 is 9.67 Å². The Hall–Kier alpha value is -2.66. The lowest BCUT2D eigenvalue weighted by molar-refractivity contribution is 0.102. The lowest BCUT2D eigenvalue weighted by atomic mass is 10.2. The summed E-state index contributed by atoms with van der Waals surface area (Å²) in [6.45, 7) is 3.75. The van der Waals surface area contributed by atoms with E-state index in [9.17, 15) is 18.3 Å². The van der Waals surface area contributed by atoms with E-state index in [0.29, 0.717) is 22.8 Å². The molecule has 158 valence electrons. The molecule has 4 rings (SSSR count). The summed E-state index contributed by atoms with van der Waals surface area (Å²) in [6, 6.07) is 8.14. The number of phenols is 1. The van der Waals surface area contributed by atoms with Gasteiger partial charge in [-0.3, -0.25) is 4.79 Å². The molecule has 0 saturated carbocycles. The van der Waals surface area contributed by atoms with E-state index >= 15 is 0 Å². The van der Waals surface area contributed by atoms with Crippen molar-refractivity contribution in [3.8, 4) is 11.4 Å². The number of rotatable bonds is 6. The predicted molar refractivity (Wildman–Crippen MR) is 112 cm³/mol. The molecular formula is C19H21N5O4S2. The van der Waals surface area contributed by atoms with E-state index in [1.54, 1.807) is 12.1 Å². The number of tetrazole rings is 1. The number of Topliss-reactive ketones (excluding diaryl/α,β-unsaturated/α-hetero) is 1. The maximum atomic E-state index is 12.9. The number of ketones is 1. The number of sulfone groups is 1. The minimum Gasteiger partial charge on any atom is -0.508 e. The van der Waals surface area contributed by atoms with Gasteiger partial charge in [-0.1, -0.05) is 11.8 Å². The molecule has 1 atom stereocenters. The second-order valence-corrected chi connectivity index (χ2v) is 10.5. The smallest absolute Gasteiger partial charge is 0.214 e. The Morgan fingerprint density at radius 3 is 2.67 bits per heavy atom. The fraction of sp³-hybridized carbons (Fsp3) is 0.368. The molecule has 0 unspecified atom stereocenters. The molecule has 1 fully saturated rings. The van der Waals surface area contributed by atoms with Crippen molar-refractivity contribution in [3.63, 3.8) is 0 Å². The predicted octanol–water partition coefficient (Wildman–Crippen LogP) is 2.12. The van der Waals surface area contributed by atoms with Gasteiger partial charge in [0.05, 0.1) is 22.9 Å². The zero-order valence-electron chi connectivity index (χ0n) is 16.5. The Morgan fingerprint density at radius 2 is 2.00 bits per heavy atom. The standard InChI is InChI=1S/C19H21N5O4S2/c1-12-9-17(13(2)23(12)15-7-8-30(27,28)11-15)18(26)10-29-19-20-21-22-24(19)14-3-5-16(25)6-4-14/h3-6,9,15,25H,7-8,10-11H2,1-2H3/t15-/m1/s1. The molecule has 3 heterocycles. The third-order valence-corrected chi connectivity index (χ3v) is 7.90. The van der Waals surface area contributed by atoms with Gasteiger partial charge in [-0.25, -0.2) is 8.42 Å². The van der Waals surface area contributed by atoms with Crippen molar-refractivity contribution in [1.82, 2.24) is 24.8 Å². The molecule has 1 saturated heterocycles. The van der Waals surface area contributed by atoms with E-state index in [1.807, 2.05) is 24.5 Å². The molecule has 0 spiro atoms. The van der Waals surface area contributed by atoms with Gasteiger partial charge in [0.15, 0.2) is 15.6 Å². The summed E-state index contributed by atoms with van der Waals surface area (Å²) in [4.78, 5) is 12.9. The van der Waals surface area contributed by atoms with E-state index < -0.39 is 9.84 Å². The number of hydrogen-bond donors (Lipinski definition) is 1. The van der Waals surface area contributed by atoms with Crippen LogP contribution in [0.15, 0.2) is 35.5 Å². The van der Waals surface area contributed by atoms with E-state index in [4.69, 9.17) is 0 Å². The minimum atomic E-state index is -3.01. The maximum Gasteiger partial charge on any atom is 0.214 e. The Labute approximate surface area is 178 Å². The lowest BCUT2D eigenvalue weighted by Crippen LogP contribution is -2.14. The number of nitrogens with zero attached hydrogens (tertiary/aromatic N) is 5. The number of aromatic nitrogens is 5. The first kappa shape index (κ1) is 20.6. The Balaban J connectivity index is 1.50.